The molecule has 0 aromatic heterocycles. The second kappa shape index (κ2) is 10.5. The molecule has 6 nitrogen and oxygen atoms in total. The van der Waals surface area contributed by atoms with Crippen molar-refractivity contribution in [2.45, 2.75) is 39.5 Å². The van der Waals surface area contributed by atoms with Crippen molar-refractivity contribution in [2.24, 2.45) is 0 Å². The van der Waals surface area contributed by atoms with Crippen LogP contribution in [0, 0.1) is 6.92 Å². The Labute approximate surface area is 172 Å². The Hall–Kier alpha value is -3.02. The van der Waals surface area contributed by atoms with Crippen molar-refractivity contribution in [1.82, 2.24) is 5.32 Å². The van der Waals surface area contributed by atoms with E-state index >= 15 is 0 Å². The van der Waals surface area contributed by atoms with Crippen LogP contribution >= 0.6 is 0 Å². The smallest absolute Gasteiger partial charge is 0.243 e. The van der Waals surface area contributed by atoms with Crippen LogP contribution in [0.4, 0.5) is 5.69 Å². The van der Waals surface area contributed by atoms with Crippen molar-refractivity contribution < 1.29 is 19.1 Å². The summed E-state index contributed by atoms with van der Waals surface area (Å²) < 4.78 is 10.5. The fourth-order valence-corrected chi connectivity index (χ4v) is 3.09. The van der Waals surface area contributed by atoms with Gasteiger partial charge in [-0.1, -0.05) is 38.1 Å². The lowest BCUT2D eigenvalue weighted by Crippen LogP contribution is -2.33. The zero-order valence-corrected chi connectivity index (χ0v) is 17.8. The lowest BCUT2D eigenvalue weighted by molar-refractivity contribution is -0.124. The topological polar surface area (TPSA) is 76.7 Å². The highest BCUT2D eigenvalue weighted by molar-refractivity contribution is 5.95. The number of benzene rings is 2. The highest BCUT2D eigenvalue weighted by atomic mass is 16.5. The van der Waals surface area contributed by atoms with Gasteiger partial charge in [0.05, 0.1) is 20.8 Å². The summed E-state index contributed by atoms with van der Waals surface area (Å²) in [5, 5.41) is 5.62. The Bertz CT molecular complexity index is 862. The largest absolute Gasteiger partial charge is 0.493 e. The molecule has 2 aromatic carbocycles. The lowest BCUT2D eigenvalue weighted by Gasteiger charge is -2.16. The molecule has 0 spiro atoms. The fraction of sp³-hybridized carbons (Fsp3) is 0.391. The van der Waals surface area contributed by atoms with Gasteiger partial charge in [0.15, 0.2) is 11.5 Å². The number of methoxy groups -OCH3 is 2. The van der Waals surface area contributed by atoms with Crippen molar-refractivity contribution in [2.75, 3.05) is 26.1 Å². The van der Waals surface area contributed by atoms with Crippen LogP contribution in [0.25, 0.3) is 0 Å². The Morgan fingerprint density at radius 2 is 1.72 bits per heavy atom. The van der Waals surface area contributed by atoms with Crippen molar-refractivity contribution in [3.05, 3.63) is 53.1 Å². The summed E-state index contributed by atoms with van der Waals surface area (Å²) in [6, 6.07) is 11.5. The van der Waals surface area contributed by atoms with Gasteiger partial charge in [0, 0.05) is 12.1 Å². The molecule has 0 atom stereocenters. The van der Waals surface area contributed by atoms with Gasteiger partial charge in [-0.2, -0.15) is 0 Å². The fourth-order valence-electron chi connectivity index (χ4n) is 3.09. The van der Waals surface area contributed by atoms with Crippen LogP contribution in [0.1, 0.15) is 42.9 Å². The van der Waals surface area contributed by atoms with E-state index in [1.54, 1.807) is 14.2 Å². The predicted octanol–water partition coefficient (Wildman–Crippen LogP) is 3.82. The highest BCUT2D eigenvalue weighted by Crippen LogP contribution is 2.28. The number of hydrogen-bond donors (Lipinski definition) is 2. The summed E-state index contributed by atoms with van der Waals surface area (Å²) in [6.07, 6.45) is 0.827. The van der Waals surface area contributed by atoms with Crippen molar-refractivity contribution in [1.29, 1.82) is 0 Å². The number of carbonyl (C=O) groups excluding carboxylic acids is 2. The quantitative estimate of drug-likeness (QED) is 0.673. The van der Waals surface area contributed by atoms with Gasteiger partial charge in [-0.3, -0.25) is 9.59 Å². The van der Waals surface area contributed by atoms with E-state index in [1.807, 2.05) is 43.3 Å². The number of aryl methyl sites for hydroxylation is 2. The minimum atomic E-state index is -0.235. The SMILES string of the molecule is COc1ccc(CCC(=O)NCC(=O)Nc2c(C)cccc2C(C)C)cc1OC. The van der Waals surface area contributed by atoms with Gasteiger partial charge in [-0.25, -0.2) is 0 Å². The molecular formula is C23H30N2O4. The first kappa shape index (κ1) is 22.3. The molecule has 6 heteroatoms. The Morgan fingerprint density at radius 3 is 2.38 bits per heavy atom. The lowest BCUT2D eigenvalue weighted by atomic mass is 9.98. The number of carbonyl (C=O) groups is 2. The standard InChI is InChI=1S/C23H30N2O4/c1-15(2)18-8-6-7-16(3)23(18)25-22(27)14-24-21(26)12-10-17-9-11-19(28-4)20(13-17)29-5/h6-9,11,13,15H,10,12,14H2,1-5H3,(H,24,26)(H,25,27). The molecule has 0 aliphatic carbocycles. The Kier molecular flexibility index (Phi) is 8.07. The molecule has 2 amide bonds. The van der Waals surface area contributed by atoms with E-state index in [0.29, 0.717) is 23.8 Å². The van der Waals surface area contributed by atoms with E-state index in [-0.39, 0.29) is 24.8 Å². The maximum absolute atomic E-state index is 12.3. The average molecular weight is 399 g/mol. The zero-order valence-electron chi connectivity index (χ0n) is 17.8. The number of para-hydroxylation sites is 1. The predicted molar refractivity (Wildman–Crippen MR) is 115 cm³/mol. The molecule has 2 N–H and O–H groups in total. The number of rotatable bonds is 9. The van der Waals surface area contributed by atoms with Crippen LogP contribution < -0.4 is 20.1 Å². The number of hydrogen-bond acceptors (Lipinski definition) is 4. The zero-order chi connectivity index (χ0) is 21.4. The first-order chi connectivity index (χ1) is 13.8. The van der Waals surface area contributed by atoms with E-state index in [4.69, 9.17) is 9.47 Å². The number of nitrogens with one attached hydrogen (secondary N) is 2. The van der Waals surface area contributed by atoms with E-state index in [9.17, 15) is 9.59 Å². The molecule has 0 radical (unpaired) electrons. The number of anilines is 1. The number of ether oxygens (including phenoxy) is 2. The molecule has 0 bridgehead atoms. The summed E-state index contributed by atoms with van der Waals surface area (Å²) in [5.41, 5.74) is 3.87. The second-order valence-corrected chi connectivity index (χ2v) is 7.21. The van der Waals surface area contributed by atoms with Crippen LogP contribution in [-0.4, -0.2) is 32.6 Å². The highest BCUT2D eigenvalue weighted by Gasteiger charge is 2.13. The van der Waals surface area contributed by atoms with Gasteiger partial charge in [0.1, 0.15) is 0 Å². The van der Waals surface area contributed by atoms with Gasteiger partial charge in [0.2, 0.25) is 11.8 Å². The molecule has 0 aliphatic rings. The molecule has 0 unspecified atom stereocenters. The van der Waals surface area contributed by atoms with Gasteiger partial charge in [0.25, 0.3) is 0 Å². The molecule has 2 rings (SSSR count). The normalized spacial score (nSPS) is 10.6. The molecule has 2 aromatic rings. The van der Waals surface area contributed by atoms with E-state index < -0.39 is 0 Å². The van der Waals surface area contributed by atoms with Gasteiger partial charge < -0.3 is 20.1 Å². The number of amides is 2. The Balaban J connectivity index is 1.86. The first-order valence-corrected chi connectivity index (χ1v) is 9.72. The van der Waals surface area contributed by atoms with E-state index in [2.05, 4.69) is 24.5 Å². The molecule has 0 saturated carbocycles. The molecular weight excluding hydrogens is 368 g/mol. The van der Waals surface area contributed by atoms with Crippen LogP contribution in [0.3, 0.4) is 0 Å². The monoisotopic (exact) mass is 398 g/mol. The summed E-state index contributed by atoms with van der Waals surface area (Å²) in [6.45, 7) is 6.07. The molecule has 0 fully saturated rings. The van der Waals surface area contributed by atoms with E-state index in [1.165, 1.54) is 0 Å². The van der Waals surface area contributed by atoms with Crippen LogP contribution in [0.2, 0.25) is 0 Å². The maximum atomic E-state index is 12.3. The Morgan fingerprint density at radius 1 is 1.00 bits per heavy atom. The van der Waals surface area contributed by atoms with Crippen LogP contribution in [0.5, 0.6) is 11.5 Å². The minimum Gasteiger partial charge on any atom is -0.493 e. The average Bonchev–Trinajstić information content (AvgIpc) is 2.71. The molecule has 156 valence electrons. The van der Waals surface area contributed by atoms with Gasteiger partial charge in [-0.15, -0.1) is 0 Å². The third-order valence-electron chi connectivity index (χ3n) is 4.73. The van der Waals surface area contributed by atoms with Crippen molar-refractivity contribution in [3.8, 4) is 11.5 Å². The molecule has 0 saturated heterocycles. The first-order valence-electron chi connectivity index (χ1n) is 9.72. The second-order valence-electron chi connectivity index (χ2n) is 7.21. The third kappa shape index (κ3) is 6.24. The molecule has 29 heavy (non-hydrogen) atoms. The van der Waals surface area contributed by atoms with E-state index in [0.717, 1.165) is 22.4 Å². The summed E-state index contributed by atoms with van der Waals surface area (Å²) in [7, 11) is 3.16. The van der Waals surface area contributed by atoms with Crippen LogP contribution in [0.15, 0.2) is 36.4 Å². The molecule has 0 heterocycles. The third-order valence-corrected chi connectivity index (χ3v) is 4.73. The van der Waals surface area contributed by atoms with Crippen molar-refractivity contribution in [3.63, 3.8) is 0 Å². The minimum absolute atomic E-state index is 0.0589. The summed E-state index contributed by atoms with van der Waals surface area (Å²) in [5.74, 6) is 1.16. The van der Waals surface area contributed by atoms with Gasteiger partial charge >= 0.3 is 0 Å². The van der Waals surface area contributed by atoms with Crippen LogP contribution in [-0.2, 0) is 16.0 Å². The van der Waals surface area contributed by atoms with Crippen molar-refractivity contribution >= 4 is 17.5 Å². The maximum Gasteiger partial charge on any atom is 0.243 e. The summed E-state index contributed by atoms with van der Waals surface area (Å²) >= 11 is 0. The molecule has 0 aliphatic heterocycles. The summed E-state index contributed by atoms with van der Waals surface area (Å²) in [4.78, 5) is 24.5. The van der Waals surface area contributed by atoms with Gasteiger partial charge in [-0.05, 0) is 48.1 Å².